The maximum atomic E-state index is 11.3. The molecule has 0 amide bonds. The van der Waals surface area contributed by atoms with Crippen LogP contribution >= 0.6 is 0 Å². The second-order valence-corrected chi connectivity index (χ2v) is 3.69. The summed E-state index contributed by atoms with van der Waals surface area (Å²) in [6, 6.07) is 0. The number of esters is 1. The largest absolute Gasteiger partial charge is 0.435 e. The fourth-order valence-corrected chi connectivity index (χ4v) is 1.21. The van der Waals surface area contributed by atoms with Gasteiger partial charge in [0.05, 0.1) is 0 Å². The van der Waals surface area contributed by atoms with Gasteiger partial charge in [0, 0.05) is 12.8 Å². The number of hydrogen-bond acceptors (Lipinski definition) is 8. The van der Waals surface area contributed by atoms with Crippen LogP contribution in [0.3, 0.4) is 0 Å². The predicted octanol–water partition coefficient (Wildman–Crippen LogP) is 1.24. The van der Waals surface area contributed by atoms with Crippen LogP contribution in [0, 0.1) is 20.2 Å². The second-order valence-electron chi connectivity index (χ2n) is 3.69. The van der Waals surface area contributed by atoms with Crippen LogP contribution in [-0.4, -0.2) is 28.5 Å². The molecule has 10 heteroatoms. The quantitative estimate of drug-likeness (QED) is 0.253. The van der Waals surface area contributed by atoms with E-state index in [4.69, 9.17) is 4.74 Å². The molecule has 2 unspecified atom stereocenters. The molecule has 0 saturated carbocycles. The van der Waals surface area contributed by atoms with Crippen molar-refractivity contribution >= 4 is 5.97 Å². The van der Waals surface area contributed by atoms with Crippen molar-refractivity contribution in [3.05, 3.63) is 20.2 Å². The van der Waals surface area contributed by atoms with E-state index in [1.54, 1.807) is 6.92 Å². The number of carbonyl (C=O) groups excluding carboxylic acids is 1. The standard InChI is InChI=1S/C9H16N2O8/c1-3-9(19-11(15)16)17-8(12)6-4-5-7(2)18-10(13)14/h7,9H,3-6H2,1-2H3. The van der Waals surface area contributed by atoms with E-state index >= 15 is 0 Å². The highest BCUT2D eigenvalue weighted by atomic mass is 17.0. The van der Waals surface area contributed by atoms with Crippen LogP contribution in [-0.2, 0) is 19.2 Å². The molecule has 0 saturated heterocycles. The minimum absolute atomic E-state index is 0.0248. The maximum Gasteiger partial charge on any atom is 0.307 e. The third-order valence-electron chi connectivity index (χ3n) is 2.06. The number of hydrogen-bond donors (Lipinski definition) is 0. The van der Waals surface area contributed by atoms with Crippen molar-refractivity contribution in [1.82, 2.24) is 0 Å². The molecule has 0 N–H and O–H groups in total. The summed E-state index contributed by atoms with van der Waals surface area (Å²) >= 11 is 0. The molecule has 0 heterocycles. The third kappa shape index (κ3) is 9.56. The Morgan fingerprint density at radius 2 is 1.79 bits per heavy atom. The molecule has 19 heavy (non-hydrogen) atoms. The van der Waals surface area contributed by atoms with Gasteiger partial charge in [0.2, 0.25) is 6.29 Å². The molecular formula is C9H16N2O8. The number of carbonyl (C=O) groups is 1. The minimum Gasteiger partial charge on any atom is -0.435 e. The van der Waals surface area contributed by atoms with Gasteiger partial charge >= 0.3 is 5.97 Å². The average molecular weight is 280 g/mol. The molecule has 0 fully saturated rings. The van der Waals surface area contributed by atoms with Crippen LogP contribution in [0.15, 0.2) is 0 Å². The fourth-order valence-electron chi connectivity index (χ4n) is 1.21. The molecule has 110 valence electrons. The Labute approximate surface area is 108 Å². The lowest BCUT2D eigenvalue weighted by atomic mass is 10.2. The van der Waals surface area contributed by atoms with Crippen LogP contribution in [0.2, 0.25) is 0 Å². The van der Waals surface area contributed by atoms with Crippen molar-refractivity contribution in [2.24, 2.45) is 0 Å². The van der Waals surface area contributed by atoms with E-state index in [0.29, 0.717) is 12.8 Å². The van der Waals surface area contributed by atoms with Crippen molar-refractivity contribution < 1.29 is 29.4 Å². The first-order valence-corrected chi connectivity index (χ1v) is 5.67. The molecule has 2 atom stereocenters. The third-order valence-corrected chi connectivity index (χ3v) is 2.06. The number of ether oxygens (including phenoxy) is 1. The minimum atomic E-state index is -1.23. The highest BCUT2D eigenvalue weighted by molar-refractivity contribution is 5.69. The van der Waals surface area contributed by atoms with Crippen LogP contribution in [0.1, 0.15) is 39.5 Å². The van der Waals surface area contributed by atoms with E-state index in [1.165, 1.54) is 6.92 Å². The van der Waals surface area contributed by atoms with Crippen LogP contribution in [0.25, 0.3) is 0 Å². The molecule has 0 spiro atoms. The van der Waals surface area contributed by atoms with Gasteiger partial charge in [0.15, 0.2) is 0 Å². The highest BCUT2D eigenvalue weighted by Gasteiger charge is 2.16. The summed E-state index contributed by atoms with van der Waals surface area (Å²) in [4.78, 5) is 39.7. The zero-order valence-electron chi connectivity index (χ0n) is 10.6. The molecule has 0 aliphatic carbocycles. The average Bonchev–Trinajstić information content (AvgIpc) is 2.26. The van der Waals surface area contributed by atoms with Crippen molar-refractivity contribution in [2.45, 2.75) is 51.9 Å². The SMILES string of the molecule is CCC(OC(=O)CCCC(C)O[N+](=O)[O-])O[N+](=O)[O-]. The van der Waals surface area contributed by atoms with Gasteiger partial charge in [0.1, 0.15) is 6.10 Å². The van der Waals surface area contributed by atoms with Gasteiger partial charge in [0.25, 0.3) is 10.2 Å². The van der Waals surface area contributed by atoms with Gasteiger partial charge in [-0.3, -0.25) is 9.63 Å². The van der Waals surface area contributed by atoms with E-state index < -0.39 is 28.5 Å². The molecule has 0 rings (SSSR count). The molecule has 0 aromatic rings. The molecule has 10 nitrogen and oxygen atoms in total. The zero-order valence-corrected chi connectivity index (χ0v) is 10.6. The maximum absolute atomic E-state index is 11.3. The Bertz CT molecular complexity index is 321. The Kier molecular flexibility index (Phi) is 7.89. The van der Waals surface area contributed by atoms with Crippen LogP contribution < -0.4 is 0 Å². The lowest BCUT2D eigenvalue weighted by molar-refractivity contribution is -0.779. The van der Waals surface area contributed by atoms with Gasteiger partial charge in [-0.25, -0.2) is 0 Å². The van der Waals surface area contributed by atoms with Crippen molar-refractivity contribution in [2.75, 3.05) is 0 Å². The summed E-state index contributed by atoms with van der Waals surface area (Å²) < 4.78 is 4.70. The first-order valence-electron chi connectivity index (χ1n) is 5.67. The summed E-state index contributed by atoms with van der Waals surface area (Å²) in [7, 11) is 0. The molecular weight excluding hydrogens is 264 g/mol. The Morgan fingerprint density at radius 3 is 2.26 bits per heavy atom. The highest BCUT2D eigenvalue weighted by Crippen LogP contribution is 2.08. The smallest absolute Gasteiger partial charge is 0.307 e. The van der Waals surface area contributed by atoms with Gasteiger partial charge < -0.3 is 9.57 Å². The normalized spacial score (nSPS) is 13.2. The molecule has 0 bridgehead atoms. The van der Waals surface area contributed by atoms with Crippen molar-refractivity contribution in [3.8, 4) is 0 Å². The monoisotopic (exact) mass is 280 g/mol. The lowest BCUT2D eigenvalue weighted by Crippen LogP contribution is -2.23. The molecule has 0 aliphatic rings. The Balaban J connectivity index is 3.85. The summed E-state index contributed by atoms with van der Waals surface area (Å²) in [6.45, 7) is 3.06. The van der Waals surface area contributed by atoms with E-state index in [9.17, 15) is 25.0 Å². The number of nitrogens with zero attached hydrogens (tertiary/aromatic N) is 2. The van der Waals surface area contributed by atoms with E-state index in [0.717, 1.165) is 0 Å². The van der Waals surface area contributed by atoms with Gasteiger partial charge in [-0.1, -0.05) is 6.92 Å². The van der Waals surface area contributed by atoms with Crippen LogP contribution in [0.4, 0.5) is 0 Å². The Hall–Kier alpha value is -2.13. The molecule has 0 aromatic heterocycles. The van der Waals surface area contributed by atoms with Gasteiger partial charge in [-0.05, 0) is 19.8 Å². The van der Waals surface area contributed by atoms with E-state index in [2.05, 4.69) is 9.68 Å². The van der Waals surface area contributed by atoms with Gasteiger partial charge in [-0.2, -0.15) is 0 Å². The van der Waals surface area contributed by atoms with E-state index in [-0.39, 0.29) is 12.8 Å². The first-order chi connectivity index (χ1) is 8.85. The topological polar surface area (TPSA) is 131 Å². The summed E-state index contributed by atoms with van der Waals surface area (Å²) in [6.07, 6.45) is -1.13. The molecule has 0 aliphatic heterocycles. The van der Waals surface area contributed by atoms with Crippen molar-refractivity contribution in [1.29, 1.82) is 0 Å². The predicted molar refractivity (Wildman–Crippen MR) is 59.6 cm³/mol. The summed E-state index contributed by atoms with van der Waals surface area (Å²) in [5, 5.41) is 18.1. The molecule has 0 radical (unpaired) electrons. The second kappa shape index (κ2) is 8.89. The lowest BCUT2D eigenvalue weighted by Gasteiger charge is -2.14. The number of rotatable bonds is 10. The zero-order chi connectivity index (χ0) is 14.8. The Morgan fingerprint density at radius 1 is 1.21 bits per heavy atom. The summed E-state index contributed by atoms with van der Waals surface area (Å²) in [5.74, 6) is -0.665. The first kappa shape index (κ1) is 16.9. The van der Waals surface area contributed by atoms with E-state index in [1.807, 2.05) is 0 Å². The van der Waals surface area contributed by atoms with Gasteiger partial charge in [-0.15, -0.1) is 20.2 Å². The van der Waals surface area contributed by atoms with Crippen molar-refractivity contribution in [3.63, 3.8) is 0 Å². The fraction of sp³-hybridized carbons (Fsp3) is 0.889. The summed E-state index contributed by atoms with van der Waals surface area (Å²) in [5.41, 5.74) is 0. The van der Waals surface area contributed by atoms with Crippen LogP contribution in [0.5, 0.6) is 0 Å². The molecule has 0 aromatic carbocycles.